The number of nitrogens with two attached hydrogens (primary N) is 1. The van der Waals surface area contributed by atoms with E-state index in [2.05, 4.69) is 20.5 Å². The molecule has 2 aromatic heterocycles. The van der Waals surface area contributed by atoms with Crippen LogP contribution >= 0.6 is 11.3 Å². The smallest absolute Gasteiger partial charge is 0.271 e. The van der Waals surface area contributed by atoms with E-state index in [1.807, 2.05) is 6.92 Å². The third-order valence-electron chi connectivity index (χ3n) is 2.13. The Balaban J connectivity index is 1.96. The molecule has 0 saturated heterocycles. The number of amides is 1. The molecule has 0 radical (unpaired) electrons. The first-order valence-electron chi connectivity index (χ1n) is 4.65. The molecule has 7 heteroatoms. The quantitative estimate of drug-likeness (QED) is 0.731. The number of carbonyl (C=O) groups excluding carboxylic acids is 1. The Hall–Kier alpha value is -1.89. The van der Waals surface area contributed by atoms with E-state index in [1.165, 1.54) is 11.3 Å². The van der Waals surface area contributed by atoms with Gasteiger partial charge in [-0.25, -0.2) is 4.98 Å². The van der Waals surface area contributed by atoms with Gasteiger partial charge in [0.05, 0.1) is 6.20 Å². The highest BCUT2D eigenvalue weighted by atomic mass is 32.1. The van der Waals surface area contributed by atoms with Gasteiger partial charge >= 0.3 is 0 Å². The molecular formula is C9H11N5OS. The largest absolute Gasteiger partial charge is 0.375 e. The molecular weight excluding hydrogens is 226 g/mol. The molecule has 1 amide bonds. The fourth-order valence-electron chi connectivity index (χ4n) is 1.21. The summed E-state index contributed by atoms with van der Waals surface area (Å²) in [5, 5.41) is 11.4. The minimum absolute atomic E-state index is 0.228. The van der Waals surface area contributed by atoms with Gasteiger partial charge in [0.2, 0.25) is 0 Å². The molecule has 2 aromatic rings. The number of thiazole rings is 1. The molecule has 6 nitrogen and oxygen atoms in total. The number of nitrogens with one attached hydrogen (secondary N) is 2. The molecule has 2 heterocycles. The molecule has 0 bridgehead atoms. The van der Waals surface area contributed by atoms with Crippen LogP contribution in [0.1, 0.15) is 21.7 Å². The van der Waals surface area contributed by atoms with Crippen molar-refractivity contribution in [1.29, 1.82) is 0 Å². The van der Waals surface area contributed by atoms with E-state index in [9.17, 15) is 4.79 Å². The molecule has 4 N–H and O–H groups in total. The summed E-state index contributed by atoms with van der Waals surface area (Å²) in [4.78, 5) is 15.5. The highest BCUT2D eigenvalue weighted by Crippen LogP contribution is 2.11. The number of nitrogens with zero attached hydrogens (tertiary/aromatic N) is 2. The maximum atomic E-state index is 11.6. The number of hydrogen-bond donors (Lipinski definition) is 3. The van der Waals surface area contributed by atoms with Gasteiger partial charge in [-0.05, 0) is 6.92 Å². The number of aromatic nitrogens is 3. The molecule has 16 heavy (non-hydrogen) atoms. The van der Waals surface area contributed by atoms with E-state index in [4.69, 9.17) is 5.73 Å². The van der Waals surface area contributed by atoms with Crippen molar-refractivity contribution in [3.05, 3.63) is 28.5 Å². The Bertz CT molecular complexity index is 503. The monoisotopic (exact) mass is 237 g/mol. The zero-order valence-electron chi connectivity index (χ0n) is 8.65. The Kier molecular flexibility index (Phi) is 2.86. The van der Waals surface area contributed by atoms with Gasteiger partial charge in [-0.3, -0.25) is 9.89 Å². The molecule has 0 aliphatic heterocycles. The Morgan fingerprint density at radius 3 is 3.06 bits per heavy atom. The number of aryl methyl sites for hydroxylation is 1. The van der Waals surface area contributed by atoms with Crippen LogP contribution in [0, 0.1) is 6.92 Å². The van der Waals surface area contributed by atoms with Gasteiger partial charge < -0.3 is 11.1 Å². The Labute approximate surface area is 95.9 Å². The number of anilines is 1. The van der Waals surface area contributed by atoms with Gasteiger partial charge in [0.1, 0.15) is 5.69 Å². The van der Waals surface area contributed by atoms with E-state index in [0.717, 1.165) is 11.3 Å². The topological polar surface area (TPSA) is 96.7 Å². The highest BCUT2D eigenvalue weighted by molar-refractivity contribution is 7.13. The van der Waals surface area contributed by atoms with Crippen LogP contribution in [-0.2, 0) is 6.54 Å². The number of nitrogen functional groups attached to an aromatic ring is 1. The molecule has 0 aliphatic carbocycles. The van der Waals surface area contributed by atoms with Crippen molar-refractivity contribution >= 4 is 22.4 Å². The van der Waals surface area contributed by atoms with Gasteiger partial charge in [0.25, 0.3) is 5.91 Å². The third kappa shape index (κ3) is 2.19. The lowest BCUT2D eigenvalue weighted by Gasteiger charge is -2.01. The molecule has 0 aliphatic rings. The number of hydrogen-bond acceptors (Lipinski definition) is 5. The molecule has 0 spiro atoms. The summed E-state index contributed by atoms with van der Waals surface area (Å²) in [5.41, 5.74) is 7.69. The molecule has 0 unspecified atom stereocenters. The van der Waals surface area contributed by atoms with Crippen molar-refractivity contribution in [2.45, 2.75) is 13.5 Å². The number of H-pyrrole nitrogens is 1. The molecule has 84 valence electrons. The van der Waals surface area contributed by atoms with Crippen molar-refractivity contribution in [3.8, 4) is 0 Å². The zero-order chi connectivity index (χ0) is 11.5. The molecule has 0 fully saturated rings. The van der Waals surface area contributed by atoms with Crippen molar-refractivity contribution in [2.24, 2.45) is 0 Å². The summed E-state index contributed by atoms with van der Waals surface area (Å²) < 4.78 is 0. The number of aromatic amines is 1. The average Bonchev–Trinajstić information content (AvgIpc) is 2.84. The average molecular weight is 237 g/mol. The highest BCUT2D eigenvalue weighted by Gasteiger charge is 2.09. The lowest BCUT2D eigenvalue weighted by atomic mass is 10.2. The van der Waals surface area contributed by atoms with Crippen LogP contribution < -0.4 is 11.1 Å². The summed E-state index contributed by atoms with van der Waals surface area (Å²) in [6, 6.07) is 0. The van der Waals surface area contributed by atoms with Gasteiger partial charge in [-0.2, -0.15) is 5.10 Å². The molecule has 0 aromatic carbocycles. The van der Waals surface area contributed by atoms with Gasteiger partial charge in [0.15, 0.2) is 5.13 Å². The normalized spacial score (nSPS) is 10.3. The van der Waals surface area contributed by atoms with Crippen molar-refractivity contribution in [2.75, 3.05) is 5.73 Å². The number of rotatable bonds is 3. The van der Waals surface area contributed by atoms with Gasteiger partial charge in [-0.15, -0.1) is 11.3 Å². The van der Waals surface area contributed by atoms with Crippen molar-refractivity contribution in [3.63, 3.8) is 0 Å². The summed E-state index contributed by atoms with van der Waals surface area (Å²) in [5.74, 6) is -0.228. The van der Waals surface area contributed by atoms with Crippen LogP contribution in [0.5, 0.6) is 0 Å². The summed E-state index contributed by atoms with van der Waals surface area (Å²) >= 11 is 1.25. The summed E-state index contributed by atoms with van der Waals surface area (Å²) in [6.45, 7) is 2.33. The van der Waals surface area contributed by atoms with E-state index in [1.54, 1.807) is 11.6 Å². The first-order valence-corrected chi connectivity index (χ1v) is 5.53. The molecule has 2 rings (SSSR count). The van der Waals surface area contributed by atoms with E-state index < -0.39 is 0 Å². The maximum Gasteiger partial charge on any atom is 0.271 e. The van der Waals surface area contributed by atoms with Crippen LogP contribution in [0.3, 0.4) is 0 Å². The SMILES string of the molecule is Cc1[nH]ncc1CNC(=O)c1csc(N)n1. The number of carbonyl (C=O) groups is 1. The predicted octanol–water partition coefficient (Wildman–Crippen LogP) is 0.687. The maximum absolute atomic E-state index is 11.6. The van der Waals surface area contributed by atoms with Crippen molar-refractivity contribution in [1.82, 2.24) is 20.5 Å². The molecule has 0 saturated carbocycles. The zero-order valence-corrected chi connectivity index (χ0v) is 9.47. The second-order valence-corrected chi connectivity index (χ2v) is 4.16. The van der Waals surface area contributed by atoms with E-state index in [-0.39, 0.29) is 5.91 Å². The van der Waals surface area contributed by atoms with Crippen LogP contribution in [0.2, 0.25) is 0 Å². The minimum Gasteiger partial charge on any atom is -0.375 e. The first-order chi connectivity index (χ1) is 7.66. The fraction of sp³-hybridized carbons (Fsp3) is 0.222. The minimum atomic E-state index is -0.228. The summed E-state index contributed by atoms with van der Waals surface area (Å²) in [6.07, 6.45) is 1.69. The first kappa shape index (κ1) is 10.6. The second-order valence-electron chi connectivity index (χ2n) is 3.27. The van der Waals surface area contributed by atoms with E-state index in [0.29, 0.717) is 17.4 Å². The van der Waals surface area contributed by atoms with Crippen LogP contribution in [0.25, 0.3) is 0 Å². The Morgan fingerprint density at radius 2 is 2.50 bits per heavy atom. The third-order valence-corrected chi connectivity index (χ3v) is 2.80. The van der Waals surface area contributed by atoms with Gasteiger partial charge in [0, 0.05) is 23.2 Å². The van der Waals surface area contributed by atoms with Crippen molar-refractivity contribution < 1.29 is 4.79 Å². The lowest BCUT2D eigenvalue weighted by molar-refractivity contribution is 0.0946. The van der Waals surface area contributed by atoms with Crippen LogP contribution in [-0.4, -0.2) is 21.1 Å². The second kappa shape index (κ2) is 4.31. The molecule has 0 atom stereocenters. The van der Waals surface area contributed by atoms with Gasteiger partial charge in [-0.1, -0.05) is 0 Å². The van der Waals surface area contributed by atoms with Crippen LogP contribution in [0.4, 0.5) is 5.13 Å². The standard InChI is InChI=1S/C9H11N5OS/c1-5-6(3-12-14-5)2-11-8(15)7-4-16-9(10)13-7/h3-4H,2H2,1H3,(H2,10,13)(H,11,15)(H,12,14). The van der Waals surface area contributed by atoms with Crippen LogP contribution in [0.15, 0.2) is 11.6 Å². The van der Waals surface area contributed by atoms with E-state index >= 15 is 0 Å². The fourth-order valence-corrected chi connectivity index (χ4v) is 1.76. The Morgan fingerprint density at radius 1 is 1.69 bits per heavy atom. The lowest BCUT2D eigenvalue weighted by Crippen LogP contribution is -2.23. The summed E-state index contributed by atoms with van der Waals surface area (Å²) in [7, 11) is 0. The predicted molar refractivity (Wildman–Crippen MR) is 61.0 cm³/mol.